The summed E-state index contributed by atoms with van der Waals surface area (Å²) in [5.74, 6) is 0.640. The number of esters is 2. The zero-order chi connectivity index (χ0) is 41.6. The quantitative estimate of drug-likeness (QED) is 0.106. The summed E-state index contributed by atoms with van der Waals surface area (Å²) in [4.78, 5) is 30.7. The van der Waals surface area contributed by atoms with Gasteiger partial charge in [-0.25, -0.2) is 9.59 Å². The monoisotopic (exact) mass is 835 g/mol. The van der Waals surface area contributed by atoms with E-state index in [1.807, 2.05) is 55.1 Å². The number of thioether (sulfide) groups is 1. The molecule has 5 N–H and O–H groups in total. The number of phenolic OH excluding ortho intramolecular Hbond substituents is 2. The molecule has 0 saturated carbocycles. The van der Waals surface area contributed by atoms with Crippen LogP contribution in [0.2, 0.25) is 0 Å². The second kappa shape index (κ2) is 14.6. The van der Waals surface area contributed by atoms with Crippen LogP contribution in [0.4, 0.5) is 0 Å². The van der Waals surface area contributed by atoms with Crippen LogP contribution < -0.4 is 34.3 Å². The highest BCUT2D eigenvalue weighted by Gasteiger charge is 2.60. The molecule has 15 heteroatoms. The summed E-state index contributed by atoms with van der Waals surface area (Å²) in [5.41, 5.74) is 4.91. The van der Waals surface area contributed by atoms with E-state index in [1.54, 1.807) is 18.2 Å². The SMILES string of the molecule is COc1cc2c(cc1O)CCN[C@]21CS[C@@H]2c3c(OC(=O)/C=C/c4ccccc4)c(C)c4c(c3[C@H](COC1=O)N1C2[C@H]2N[C@H](Cc3cc(C)c(OC)c(O)c32)[C@@H]1O)OCO4. The summed E-state index contributed by atoms with van der Waals surface area (Å²) in [6, 6.07) is 12.3. The molecule has 2 saturated heterocycles. The molecule has 4 aromatic carbocycles. The van der Waals surface area contributed by atoms with Crippen molar-refractivity contribution in [2.45, 2.75) is 67.9 Å². The molecule has 14 nitrogen and oxygen atoms in total. The number of benzene rings is 4. The Morgan fingerprint density at radius 1 is 0.983 bits per heavy atom. The number of ether oxygens (including phenoxy) is 6. The minimum Gasteiger partial charge on any atom is -0.504 e. The summed E-state index contributed by atoms with van der Waals surface area (Å²) in [7, 11) is 2.99. The number of aromatic hydroxyl groups is 2. The predicted molar refractivity (Wildman–Crippen MR) is 220 cm³/mol. The largest absolute Gasteiger partial charge is 0.504 e. The van der Waals surface area contributed by atoms with Crippen molar-refractivity contribution in [3.63, 3.8) is 0 Å². The molecule has 1 unspecified atom stereocenters. The van der Waals surface area contributed by atoms with Crippen molar-refractivity contribution >= 4 is 29.8 Å². The third-order valence-electron chi connectivity index (χ3n) is 12.9. The number of rotatable bonds is 5. The summed E-state index contributed by atoms with van der Waals surface area (Å²) in [5, 5.41) is 41.9. The van der Waals surface area contributed by atoms with Gasteiger partial charge in [0.25, 0.3) is 0 Å². The Bertz CT molecular complexity index is 2480. The molecule has 7 atom stereocenters. The fraction of sp³-hybridized carbons (Fsp3) is 0.378. The zero-order valence-electron chi connectivity index (χ0n) is 33.4. The van der Waals surface area contributed by atoms with Crippen molar-refractivity contribution in [1.29, 1.82) is 0 Å². The molecular weight excluding hydrogens is 791 g/mol. The molecule has 7 aliphatic rings. The number of aliphatic hydroxyl groups excluding tert-OH is 1. The van der Waals surface area contributed by atoms with Gasteiger partial charge in [0.05, 0.1) is 37.6 Å². The number of phenols is 2. The second-order valence-corrected chi connectivity index (χ2v) is 17.2. The minimum absolute atomic E-state index is 0.00947. The molecule has 7 heterocycles. The van der Waals surface area contributed by atoms with Crippen LogP contribution in [0.3, 0.4) is 0 Å². The topological polar surface area (TPSA) is 178 Å². The van der Waals surface area contributed by atoms with Crippen LogP contribution >= 0.6 is 11.8 Å². The Kier molecular flexibility index (Phi) is 9.44. The number of hydrogen-bond acceptors (Lipinski definition) is 15. The van der Waals surface area contributed by atoms with E-state index in [1.165, 1.54) is 32.1 Å². The lowest BCUT2D eigenvalue weighted by atomic mass is 9.74. The van der Waals surface area contributed by atoms with E-state index in [-0.39, 0.29) is 42.2 Å². The molecule has 11 rings (SSSR count). The maximum Gasteiger partial charge on any atom is 0.336 e. The lowest BCUT2D eigenvalue weighted by Crippen LogP contribution is -2.69. The van der Waals surface area contributed by atoms with Gasteiger partial charge in [-0.05, 0) is 72.7 Å². The van der Waals surface area contributed by atoms with E-state index < -0.39 is 53.1 Å². The van der Waals surface area contributed by atoms with Crippen LogP contribution in [0.1, 0.15) is 67.4 Å². The molecule has 7 aliphatic heterocycles. The number of carbonyl (C=O) groups is 2. The van der Waals surface area contributed by atoms with Gasteiger partial charge >= 0.3 is 11.9 Å². The smallest absolute Gasteiger partial charge is 0.336 e. The number of carbonyl (C=O) groups excluding carboxylic acids is 2. The Morgan fingerprint density at radius 2 is 1.78 bits per heavy atom. The molecule has 4 aromatic rings. The molecule has 0 amide bonds. The van der Waals surface area contributed by atoms with Crippen molar-refractivity contribution in [2.24, 2.45) is 0 Å². The highest BCUT2D eigenvalue weighted by atomic mass is 32.2. The number of piperazine rings is 1. The average molecular weight is 836 g/mol. The first-order valence-electron chi connectivity index (χ1n) is 20.0. The molecule has 1 spiro atoms. The fourth-order valence-electron chi connectivity index (χ4n) is 10.3. The summed E-state index contributed by atoms with van der Waals surface area (Å²) in [6.07, 6.45) is 2.94. The number of nitrogens with zero attached hydrogens (tertiary/aromatic N) is 1. The Labute approximate surface area is 350 Å². The highest BCUT2D eigenvalue weighted by molar-refractivity contribution is 7.99. The zero-order valence-corrected chi connectivity index (χ0v) is 34.3. The summed E-state index contributed by atoms with van der Waals surface area (Å²) >= 11 is 1.44. The van der Waals surface area contributed by atoms with Gasteiger partial charge in [0.1, 0.15) is 18.6 Å². The molecule has 2 fully saturated rings. The van der Waals surface area contributed by atoms with E-state index in [0.717, 1.165) is 22.3 Å². The maximum atomic E-state index is 14.8. The number of methoxy groups -OCH3 is 2. The van der Waals surface area contributed by atoms with Gasteiger partial charge < -0.3 is 49.1 Å². The minimum atomic E-state index is -1.39. The van der Waals surface area contributed by atoms with Crippen LogP contribution in [0, 0.1) is 13.8 Å². The fourth-order valence-corrected chi connectivity index (χ4v) is 12.0. The Balaban J connectivity index is 1.20. The summed E-state index contributed by atoms with van der Waals surface area (Å²) < 4.78 is 36.5. The molecule has 0 aliphatic carbocycles. The molecular formula is C45H45N3O11S. The molecule has 4 bridgehead atoms. The van der Waals surface area contributed by atoms with E-state index in [9.17, 15) is 24.9 Å². The molecule has 0 radical (unpaired) electrons. The lowest BCUT2D eigenvalue weighted by Gasteiger charge is -2.59. The molecule has 312 valence electrons. The first-order valence-corrected chi connectivity index (χ1v) is 21.1. The average Bonchev–Trinajstić information content (AvgIpc) is 3.74. The van der Waals surface area contributed by atoms with E-state index >= 15 is 0 Å². The Hall–Kier alpha value is -5.45. The first-order chi connectivity index (χ1) is 29.0. The maximum absolute atomic E-state index is 14.8. The van der Waals surface area contributed by atoms with Gasteiger partial charge in [-0.2, -0.15) is 0 Å². The van der Waals surface area contributed by atoms with E-state index in [2.05, 4.69) is 10.6 Å². The number of aryl methyl sites for hydroxylation is 1. The van der Waals surface area contributed by atoms with Gasteiger partial charge in [-0.3, -0.25) is 10.2 Å². The van der Waals surface area contributed by atoms with Crippen molar-refractivity contribution in [3.05, 3.63) is 105 Å². The third-order valence-corrected chi connectivity index (χ3v) is 14.4. The Morgan fingerprint density at radius 3 is 2.57 bits per heavy atom. The van der Waals surface area contributed by atoms with Crippen LogP contribution in [-0.4, -0.2) is 90.4 Å². The van der Waals surface area contributed by atoms with Gasteiger partial charge in [0.2, 0.25) is 6.79 Å². The second-order valence-electron chi connectivity index (χ2n) is 16.1. The number of nitrogens with one attached hydrogen (secondary N) is 2. The normalized spacial score (nSPS) is 27.4. The van der Waals surface area contributed by atoms with Gasteiger partial charge in [0, 0.05) is 46.7 Å². The van der Waals surface area contributed by atoms with Crippen LogP contribution in [0.25, 0.3) is 6.08 Å². The van der Waals surface area contributed by atoms with Crippen molar-refractivity contribution in [1.82, 2.24) is 15.5 Å². The molecule has 0 aromatic heterocycles. The first kappa shape index (κ1) is 38.7. The van der Waals surface area contributed by atoms with Crippen molar-refractivity contribution < 1.29 is 53.3 Å². The number of hydrogen-bond donors (Lipinski definition) is 5. The number of aliphatic hydroxyl groups is 1. The highest BCUT2D eigenvalue weighted by Crippen LogP contribution is 2.63. The predicted octanol–water partition coefficient (Wildman–Crippen LogP) is 4.76. The van der Waals surface area contributed by atoms with E-state index in [0.29, 0.717) is 64.5 Å². The van der Waals surface area contributed by atoms with Crippen LogP contribution in [0.5, 0.6) is 40.2 Å². The van der Waals surface area contributed by atoms with Crippen LogP contribution in [-0.2, 0) is 32.7 Å². The van der Waals surface area contributed by atoms with Gasteiger partial charge in [0.15, 0.2) is 40.0 Å². The van der Waals surface area contributed by atoms with Crippen molar-refractivity contribution in [2.75, 3.05) is 39.9 Å². The summed E-state index contributed by atoms with van der Waals surface area (Å²) in [6.45, 7) is 3.82. The van der Waals surface area contributed by atoms with Crippen molar-refractivity contribution in [3.8, 4) is 40.2 Å². The standard InChI is InChI=1S/C45H45N3O11S/c1-21-14-25-15-27-43(52)48-28-18-56-44(53)45(26-17-30(54-3)29(49)16-24(26)12-13-46-45)19-60-42(36(48)35(47-27)32(25)37(51)38(21)55-4)34-33(28)41-40(57-20-58-41)22(2)39(34)59-31(50)11-10-23-8-6-5-7-9-23/h5-11,14,16-17,27-28,35-36,42-43,46-47,49,51-52H,12-13,15,18-20H2,1-4H3/b11-10+/t27-,28+,35+,36?,42-,43+,45-/m1/s1. The third kappa shape index (κ3) is 5.77. The van der Waals surface area contributed by atoms with Gasteiger partial charge in [-0.15, -0.1) is 11.8 Å². The molecule has 60 heavy (non-hydrogen) atoms. The van der Waals surface area contributed by atoms with Gasteiger partial charge in [-0.1, -0.05) is 36.4 Å². The lowest BCUT2D eigenvalue weighted by molar-refractivity contribution is -0.164. The number of fused-ring (bicyclic) bond motifs is 9. The van der Waals surface area contributed by atoms with E-state index in [4.69, 9.17) is 28.4 Å². The van der Waals surface area contributed by atoms with Crippen LogP contribution in [0.15, 0.2) is 54.6 Å².